The molecule has 2 aromatic rings. The number of carbonyl (C=O) groups excluding carboxylic acids is 1. The molecular weight excluding hydrogens is 350 g/mol. The van der Waals surface area contributed by atoms with Gasteiger partial charge in [-0.05, 0) is 30.7 Å². The van der Waals surface area contributed by atoms with Crippen molar-refractivity contribution in [3.05, 3.63) is 41.7 Å². The second kappa shape index (κ2) is 6.94. The standard InChI is InChI=1S/C19H21N3O5/c1-12-4-6-22(20-12)7-5-18(23)21-9-14(15(10-21)19(24)25)13-2-3-16-17(8-13)27-11-26-16/h2-4,6,8,14-15H,5,7,9-11H2,1H3,(H,24,25)/t14-,15+/m1/s1. The van der Waals surface area contributed by atoms with Crippen LogP contribution in [0.5, 0.6) is 11.5 Å². The van der Waals surface area contributed by atoms with Crippen LogP contribution >= 0.6 is 0 Å². The van der Waals surface area contributed by atoms with Gasteiger partial charge in [0.1, 0.15) is 0 Å². The van der Waals surface area contributed by atoms with Crippen LogP contribution in [0.15, 0.2) is 30.5 Å². The van der Waals surface area contributed by atoms with Crippen molar-refractivity contribution >= 4 is 11.9 Å². The van der Waals surface area contributed by atoms with Crippen LogP contribution in [0, 0.1) is 12.8 Å². The third-order valence-electron chi connectivity index (χ3n) is 5.14. The lowest BCUT2D eigenvalue weighted by Gasteiger charge is -2.17. The van der Waals surface area contributed by atoms with E-state index in [1.807, 2.05) is 31.3 Å². The van der Waals surface area contributed by atoms with Gasteiger partial charge in [0.2, 0.25) is 12.7 Å². The zero-order valence-corrected chi connectivity index (χ0v) is 15.0. The summed E-state index contributed by atoms with van der Waals surface area (Å²) in [7, 11) is 0. The van der Waals surface area contributed by atoms with E-state index in [9.17, 15) is 14.7 Å². The Morgan fingerprint density at radius 1 is 1.22 bits per heavy atom. The van der Waals surface area contributed by atoms with E-state index in [1.54, 1.807) is 15.6 Å². The third-order valence-corrected chi connectivity index (χ3v) is 5.14. The van der Waals surface area contributed by atoms with Crippen LogP contribution in [0.4, 0.5) is 0 Å². The van der Waals surface area contributed by atoms with Crippen molar-refractivity contribution in [3.63, 3.8) is 0 Å². The van der Waals surface area contributed by atoms with Crippen molar-refractivity contribution in [2.45, 2.75) is 25.8 Å². The molecule has 4 rings (SSSR count). The van der Waals surface area contributed by atoms with Gasteiger partial charge in [-0.15, -0.1) is 0 Å². The van der Waals surface area contributed by atoms with Gasteiger partial charge in [0.05, 0.1) is 11.6 Å². The first-order chi connectivity index (χ1) is 13.0. The Bertz CT molecular complexity index is 878. The van der Waals surface area contributed by atoms with Gasteiger partial charge in [-0.2, -0.15) is 5.10 Å². The summed E-state index contributed by atoms with van der Waals surface area (Å²) in [6, 6.07) is 7.36. The Morgan fingerprint density at radius 3 is 2.78 bits per heavy atom. The smallest absolute Gasteiger partial charge is 0.308 e. The van der Waals surface area contributed by atoms with E-state index in [4.69, 9.17) is 9.47 Å². The molecule has 1 saturated heterocycles. The van der Waals surface area contributed by atoms with Crippen LogP contribution in [-0.4, -0.2) is 51.5 Å². The van der Waals surface area contributed by atoms with E-state index in [1.165, 1.54) is 0 Å². The van der Waals surface area contributed by atoms with Gasteiger partial charge in [-0.1, -0.05) is 6.07 Å². The second-order valence-corrected chi connectivity index (χ2v) is 6.93. The summed E-state index contributed by atoms with van der Waals surface area (Å²) in [5, 5.41) is 13.9. The van der Waals surface area contributed by atoms with E-state index in [0.717, 1.165) is 11.3 Å². The molecule has 1 amide bonds. The Hall–Kier alpha value is -3.03. The number of aliphatic carboxylic acids is 1. The normalized spacial score (nSPS) is 20.9. The quantitative estimate of drug-likeness (QED) is 0.859. The van der Waals surface area contributed by atoms with Crippen LogP contribution in [0.2, 0.25) is 0 Å². The molecule has 1 N–H and O–H groups in total. The molecule has 0 bridgehead atoms. The first-order valence-corrected chi connectivity index (χ1v) is 8.91. The number of likely N-dealkylation sites (tertiary alicyclic amines) is 1. The maximum Gasteiger partial charge on any atom is 0.308 e. The van der Waals surface area contributed by atoms with E-state index >= 15 is 0 Å². The zero-order valence-electron chi connectivity index (χ0n) is 15.0. The minimum atomic E-state index is -0.893. The Morgan fingerprint density at radius 2 is 2.04 bits per heavy atom. The SMILES string of the molecule is Cc1ccn(CCC(=O)N2C[C@H](C(=O)O)[C@@H](c3ccc4c(c3)OCO4)C2)n1. The fourth-order valence-corrected chi connectivity index (χ4v) is 3.70. The molecule has 0 saturated carbocycles. The molecular formula is C19H21N3O5. The average molecular weight is 371 g/mol. The molecule has 2 aliphatic heterocycles. The fraction of sp³-hybridized carbons (Fsp3) is 0.421. The highest BCUT2D eigenvalue weighted by atomic mass is 16.7. The van der Waals surface area contributed by atoms with Crippen molar-refractivity contribution in [3.8, 4) is 11.5 Å². The summed E-state index contributed by atoms with van der Waals surface area (Å²) in [4.78, 5) is 26.0. The van der Waals surface area contributed by atoms with Crippen LogP contribution < -0.4 is 9.47 Å². The number of hydrogen-bond donors (Lipinski definition) is 1. The monoisotopic (exact) mass is 371 g/mol. The van der Waals surface area contributed by atoms with E-state index in [-0.39, 0.29) is 25.2 Å². The van der Waals surface area contributed by atoms with Crippen LogP contribution in [0.1, 0.15) is 23.6 Å². The van der Waals surface area contributed by atoms with E-state index < -0.39 is 11.9 Å². The number of rotatable bonds is 5. The molecule has 0 spiro atoms. The summed E-state index contributed by atoms with van der Waals surface area (Å²) in [5.74, 6) is -0.580. The van der Waals surface area contributed by atoms with Gasteiger partial charge in [0.15, 0.2) is 11.5 Å². The van der Waals surface area contributed by atoms with Crippen molar-refractivity contribution in [1.29, 1.82) is 0 Å². The first kappa shape index (κ1) is 17.4. The van der Waals surface area contributed by atoms with Crippen LogP contribution in [-0.2, 0) is 16.1 Å². The lowest BCUT2D eigenvalue weighted by Crippen LogP contribution is -2.30. The number of carboxylic acids is 1. The predicted molar refractivity (Wildman–Crippen MR) is 94.6 cm³/mol. The summed E-state index contributed by atoms with van der Waals surface area (Å²) in [6.45, 7) is 3.14. The van der Waals surface area contributed by atoms with Crippen LogP contribution in [0.25, 0.3) is 0 Å². The Labute approximate surface area is 156 Å². The molecule has 2 atom stereocenters. The summed E-state index contributed by atoms with van der Waals surface area (Å²) in [5.41, 5.74) is 1.75. The molecule has 3 heterocycles. The number of carbonyl (C=O) groups is 2. The highest BCUT2D eigenvalue weighted by molar-refractivity contribution is 5.79. The Kier molecular flexibility index (Phi) is 4.47. The Balaban J connectivity index is 1.46. The fourth-order valence-electron chi connectivity index (χ4n) is 3.70. The highest BCUT2D eigenvalue weighted by Gasteiger charge is 2.40. The maximum absolute atomic E-state index is 12.6. The first-order valence-electron chi connectivity index (χ1n) is 8.91. The molecule has 27 heavy (non-hydrogen) atoms. The number of nitrogens with zero attached hydrogens (tertiary/aromatic N) is 3. The molecule has 0 aliphatic carbocycles. The van der Waals surface area contributed by atoms with Gasteiger partial charge in [0.25, 0.3) is 0 Å². The molecule has 0 unspecified atom stereocenters. The minimum absolute atomic E-state index is 0.0577. The topological polar surface area (TPSA) is 93.9 Å². The number of amides is 1. The van der Waals surface area contributed by atoms with Crippen molar-refractivity contribution in [1.82, 2.24) is 14.7 Å². The average Bonchev–Trinajstić information content (AvgIpc) is 3.37. The number of benzene rings is 1. The summed E-state index contributed by atoms with van der Waals surface area (Å²) in [6.07, 6.45) is 2.13. The predicted octanol–water partition coefficient (Wildman–Crippen LogP) is 1.64. The molecule has 1 aromatic carbocycles. The minimum Gasteiger partial charge on any atom is -0.481 e. The zero-order chi connectivity index (χ0) is 19.0. The molecule has 0 radical (unpaired) electrons. The van der Waals surface area contributed by atoms with Crippen molar-refractivity contribution in [2.24, 2.45) is 5.92 Å². The molecule has 2 aliphatic rings. The number of aryl methyl sites for hydroxylation is 2. The second-order valence-electron chi connectivity index (χ2n) is 6.93. The van der Waals surface area contributed by atoms with Crippen molar-refractivity contribution in [2.75, 3.05) is 19.9 Å². The summed E-state index contributed by atoms with van der Waals surface area (Å²) < 4.78 is 12.4. The molecule has 1 aromatic heterocycles. The van der Waals surface area contributed by atoms with Gasteiger partial charge in [-0.25, -0.2) is 0 Å². The van der Waals surface area contributed by atoms with Gasteiger partial charge in [0, 0.05) is 38.2 Å². The number of fused-ring (bicyclic) bond motifs is 1. The lowest BCUT2D eigenvalue weighted by atomic mass is 9.89. The van der Waals surface area contributed by atoms with E-state index in [2.05, 4.69) is 5.10 Å². The molecule has 8 heteroatoms. The molecule has 142 valence electrons. The third kappa shape index (κ3) is 3.47. The van der Waals surface area contributed by atoms with Crippen LogP contribution in [0.3, 0.4) is 0 Å². The number of hydrogen-bond acceptors (Lipinski definition) is 5. The molecule has 1 fully saturated rings. The summed E-state index contributed by atoms with van der Waals surface area (Å²) >= 11 is 0. The number of ether oxygens (including phenoxy) is 2. The number of carboxylic acid groups (broad SMARTS) is 1. The van der Waals surface area contributed by atoms with Gasteiger partial charge in [-0.3, -0.25) is 14.3 Å². The lowest BCUT2D eigenvalue weighted by molar-refractivity contribution is -0.141. The maximum atomic E-state index is 12.6. The number of aromatic nitrogens is 2. The van der Waals surface area contributed by atoms with Gasteiger partial charge < -0.3 is 19.5 Å². The molecule has 8 nitrogen and oxygen atoms in total. The van der Waals surface area contributed by atoms with Crippen molar-refractivity contribution < 1.29 is 24.2 Å². The van der Waals surface area contributed by atoms with Gasteiger partial charge >= 0.3 is 5.97 Å². The largest absolute Gasteiger partial charge is 0.481 e. The van der Waals surface area contributed by atoms with E-state index in [0.29, 0.717) is 31.0 Å². The highest BCUT2D eigenvalue weighted by Crippen LogP contribution is 2.39.